The SMILES string of the molecule is COC(=O)[C@H]1[C@@H](c2ccccc2)C2(c3ccc(Br)cc3)Oc3cc(Cl)nc(OC)c3[C@@]1(O)C2(O)O. The molecule has 2 aromatic carbocycles. The molecule has 182 valence electrons. The summed E-state index contributed by atoms with van der Waals surface area (Å²) in [5.74, 6) is -6.79. The zero-order valence-electron chi connectivity index (χ0n) is 18.6. The van der Waals surface area contributed by atoms with Gasteiger partial charge >= 0.3 is 5.97 Å². The molecule has 2 heterocycles. The van der Waals surface area contributed by atoms with E-state index in [0.717, 1.165) is 11.6 Å². The van der Waals surface area contributed by atoms with Crippen LogP contribution in [0.5, 0.6) is 11.6 Å². The Hall–Kier alpha value is -2.69. The van der Waals surface area contributed by atoms with Gasteiger partial charge in [0.1, 0.15) is 16.8 Å². The molecule has 2 aliphatic rings. The van der Waals surface area contributed by atoms with Crippen LogP contribution in [0.1, 0.15) is 22.6 Å². The summed E-state index contributed by atoms with van der Waals surface area (Å²) >= 11 is 9.60. The van der Waals surface area contributed by atoms with Gasteiger partial charge in [0.25, 0.3) is 0 Å². The van der Waals surface area contributed by atoms with Gasteiger partial charge in [-0.3, -0.25) is 4.79 Å². The standard InChI is InChI=1S/C25H21BrClNO7/c1-33-21-19-16(12-17(27)28-21)35-24(14-8-10-15(26)11-9-14)18(13-6-4-3-5-7-13)20(22(29)34-2)23(19,30)25(24,31)32/h3-12,18,20,30-32H,1-2H3/t18-,20-,23+,24?/m1/s1. The highest BCUT2D eigenvalue weighted by atomic mass is 79.9. The Morgan fingerprint density at radius 3 is 2.34 bits per heavy atom. The van der Waals surface area contributed by atoms with Crippen LogP contribution >= 0.6 is 27.5 Å². The maximum Gasteiger partial charge on any atom is 0.312 e. The Balaban J connectivity index is 1.96. The van der Waals surface area contributed by atoms with E-state index in [2.05, 4.69) is 20.9 Å². The van der Waals surface area contributed by atoms with Gasteiger partial charge in [0, 0.05) is 16.1 Å². The first kappa shape index (κ1) is 24.0. The van der Waals surface area contributed by atoms with E-state index < -0.39 is 34.8 Å². The van der Waals surface area contributed by atoms with Gasteiger partial charge in [0.15, 0.2) is 11.2 Å². The van der Waals surface area contributed by atoms with Crippen LogP contribution in [0, 0.1) is 5.92 Å². The molecule has 5 rings (SSSR count). The summed E-state index contributed by atoms with van der Waals surface area (Å²) in [5, 5.41) is 36.2. The fourth-order valence-corrected chi connectivity index (χ4v) is 5.98. The number of ether oxygens (including phenoxy) is 3. The van der Waals surface area contributed by atoms with Crippen molar-refractivity contribution in [3.05, 3.63) is 87.0 Å². The Morgan fingerprint density at radius 1 is 1.09 bits per heavy atom. The highest BCUT2D eigenvalue weighted by molar-refractivity contribution is 9.10. The summed E-state index contributed by atoms with van der Waals surface area (Å²) < 4.78 is 17.6. The zero-order chi connectivity index (χ0) is 25.2. The highest BCUT2D eigenvalue weighted by Gasteiger charge is 2.84. The molecule has 10 heteroatoms. The number of pyridine rings is 1. The number of benzene rings is 2. The first-order chi connectivity index (χ1) is 16.6. The lowest BCUT2D eigenvalue weighted by Gasteiger charge is -2.49. The number of fused-ring (bicyclic) bond motifs is 4. The van der Waals surface area contributed by atoms with Crippen LogP contribution in [0.2, 0.25) is 5.15 Å². The lowest BCUT2D eigenvalue weighted by molar-refractivity contribution is -0.341. The van der Waals surface area contributed by atoms with E-state index in [1.807, 2.05) is 0 Å². The second-order valence-corrected chi connectivity index (χ2v) is 9.80. The van der Waals surface area contributed by atoms with Crippen molar-refractivity contribution in [3.8, 4) is 11.6 Å². The van der Waals surface area contributed by atoms with E-state index in [9.17, 15) is 20.1 Å². The second kappa shape index (κ2) is 8.18. The summed E-state index contributed by atoms with van der Waals surface area (Å²) in [4.78, 5) is 17.5. The second-order valence-electron chi connectivity index (χ2n) is 8.50. The highest BCUT2D eigenvalue weighted by Crippen LogP contribution is 2.71. The molecule has 1 unspecified atom stereocenters. The lowest BCUT2D eigenvalue weighted by Crippen LogP contribution is -2.65. The lowest BCUT2D eigenvalue weighted by atomic mass is 9.74. The molecule has 3 aromatic rings. The first-order valence-electron chi connectivity index (χ1n) is 10.6. The number of aromatic nitrogens is 1. The van der Waals surface area contributed by atoms with Gasteiger partial charge in [-0.2, -0.15) is 0 Å². The van der Waals surface area contributed by atoms with E-state index in [1.165, 1.54) is 13.2 Å². The van der Waals surface area contributed by atoms with Crippen molar-refractivity contribution >= 4 is 33.5 Å². The predicted molar refractivity (Wildman–Crippen MR) is 128 cm³/mol. The van der Waals surface area contributed by atoms with Crippen molar-refractivity contribution in [2.24, 2.45) is 5.92 Å². The van der Waals surface area contributed by atoms with Crippen molar-refractivity contribution in [1.29, 1.82) is 0 Å². The molecule has 1 fully saturated rings. The van der Waals surface area contributed by atoms with E-state index in [4.69, 9.17) is 25.8 Å². The third kappa shape index (κ3) is 3.02. The summed E-state index contributed by atoms with van der Waals surface area (Å²) in [7, 11) is 2.45. The smallest absolute Gasteiger partial charge is 0.312 e. The summed E-state index contributed by atoms with van der Waals surface area (Å²) in [5.41, 5.74) is -4.12. The monoisotopic (exact) mass is 561 g/mol. The van der Waals surface area contributed by atoms with Crippen LogP contribution in [-0.4, -0.2) is 46.3 Å². The van der Waals surface area contributed by atoms with Gasteiger partial charge in [-0.05, 0) is 17.7 Å². The molecule has 0 amide bonds. The molecule has 1 aliphatic carbocycles. The topological polar surface area (TPSA) is 118 Å². The Labute approximate surface area is 214 Å². The minimum absolute atomic E-state index is 0.00155. The molecule has 8 nitrogen and oxygen atoms in total. The van der Waals surface area contributed by atoms with Crippen LogP contribution in [0.4, 0.5) is 0 Å². The van der Waals surface area contributed by atoms with Gasteiger partial charge in [0.2, 0.25) is 11.7 Å². The van der Waals surface area contributed by atoms with E-state index in [1.54, 1.807) is 54.6 Å². The molecule has 0 spiro atoms. The van der Waals surface area contributed by atoms with Crippen LogP contribution in [0.25, 0.3) is 0 Å². The van der Waals surface area contributed by atoms with Crippen molar-refractivity contribution in [2.75, 3.05) is 14.2 Å². The molecule has 0 saturated heterocycles. The Morgan fingerprint density at radius 2 is 1.74 bits per heavy atom. The summed E-state index contributed by atoms with van der Waals surface area (Å²) in [6, 6.07) is 16.7. The molecule has 2 bridgehead atoms. The molecule has 35 heavy (non-hydrogen) atoms. The maximum absolute atomic E-state index is 13.4. The van der Waals surface area contributed by atoms with Crippen LogP contribution in [0.3, 0.4) is 0 Å². The molecule has 1 aromatic heterocycles. The summed E-state index contributed by atoms with van der Waals surface area (Å²) in [6.07, 6.45) is 0. The number of methoxy groups -OCH3 is 2. The number of esters is 1. The number of aliphatic hydroxyl groups is 3. The van der Waals surface area contributed by atoms with Crippen molar-refractivity contribution in [1.82, 2.24) is 4.98 Å². The number of rotatable bonds is 4. The van der Waals surface area contributed by atoms with Gasteiger partial charge in [0.05, 0.1) is 25.7 Å². The van der Waals surface area contributed by atoms with Crippen molar-refractivity contribution in [3.63, 3.8) is 0 Å². The molecule has 3 N–H and O–H groups in total. The number of nitrogens with zero attached hydrogens (tertiary/aromatic N) is 1. The van der Waals surface area contributed by atoms with Gasteiger partial charge in [-0.25, -0.2) is 4.98 Å². The third-order valence-corrected chi connectivity index (χ3v) is 7.64. The van der Waals surface area contributed by atoms with E-state index in [0.29, 0.717) is 11.1 Å². The fourth-order valence-electron chi connectivity index (χ4n) is 5.54. The summed E-state index contributed by atoms with van der Waals surface area (Å²) in [6.45, 7) is 0. The fraction of sp³-hybridized carbons (Fsp3) is 0.280. The van der Waals surface area contributed by atoms with Gasteiger partial charge in [-0.1, -0.05) is 70.0 Å². The Kier molecular flexibility index (Phi) is 5.61. The van der Waals surface area contributed by atoms with E-state index >= 15 is 0 Å². The zero-order valence-corrected chi connectivity index (χ0v) is 20.9. The van der Waals surface area contributed by atoms with Gasteiger partial charge in [-0.15, -0.1) is 0 Å². The number of carbonyl (C=O) groups excluding carboxylic acids is 1. The minimum Gasteiger partial charge on any atom is -0.481 e. The number of halogens is 2. The van der Waals surface area contributed by atoms with Crippen LogP contribution in [-0.2, 0) is 20.7 Å². The molecule has 1 aliphatic heterocycles. The van der Waals surface area contributed by atoms with Gasteiger partial charge < -0.3 is 29.5 Å². The Bertz CT molecular complexity index is 1300. The average Bonchev–Trinajstić information content (AvgIpc) is 2.92. The number of hydrogen-bond donors (Lipinski definition) is 3. The molecular weight excluding hydrogens is 542 g/mol. The molecule has 1 saturated carbocycles. The minimum atomic E-state index is -3.05. The van der Waals surface area contributed by atoms with Crippen LogP contribution in [0.15, 0.2) is 65.1 Å². The van der Waals surface area contributed by atoms with Crippen LogP contribution < -0.4 is 9.47 Å². The van der Waals surface area contributed by atoms with Crippen molar-refractivity contribution in [2.45, 2.75) is 22.9 Å². The average molecular weight is 563 g/mol. The molecular formula is C25H21BrClNO7. The predicted octanol–water partition coefficient (Wildman–Crippen LogP) is 3.25. The normalized spacial score (nSPS) is 28.1. The largest absolute Gasteiger partial charge is 0.481 e. The first-order valence-corrected chi connectivity index (χ1v) is 11.8. The number of carbonyl (C=O) groups is 1. The molecule has 4 atom stereocenters. The number of hydrogen-bond acceptors (Lipinski definition) is 8. The quantitative estimate of drug-likeness (QED) is 0.252. The molecule has 0 radical (unpaired) electrons. The van der Waals surface area contributed by atoms with Crippen molar-refractivity contribution < 1.29 is 34.3 Å². The third-order valence-electron chi connectivity index (χ3n) is 6.92. The van der Waals surface area contributed by atoms with E-state index in [-0.39, 0.29) is 22.3 Å². The maximum atomic E-state index is 13.4.